The average Bonchev–Trinajstić information content (AvgIpc) is 3.19. The second-order valence-electron chi connectivity index (χ2n) is 10.3. The molecular formula is C31H38N2O6. The Morgan fingerprint density at radius 3 is 2.41 bits per heavy atom. The van der Waals surface area contributed by atoms with Gasteiger partial charge < -0.3 is 24.2 Å². The third-order valence-corrected chi connectivity index (χ3v) is 6.90. The smallest absolute Gasteiger partial charge is 0.295 e. The molecule has 2 saturated heterocycles. The fourth-order valence-corrected chi connectivity index (χ4v) is 4.83. The molecule has 39 heavy (non-hydrogen) atoms. The van der Waals surface area contributed by atoms with E-state index in [0.29, 0.717) is 62.5 Å². The molecule has 0 saturated carbocycles. The molecule has 1 atom stereocenters. The number of morpholine rings is 1. The second kappa shape index (κ2) is 13.0. The fraction of sp³-hybridized carbons (Fsp3) is 0.419. The summed E-state index contributed by atoms with van der Waals surface area (Å²) >= 11 is 0. The number of amides is 1. The number of carbonyl (C=O) groups excluding carboxylic acids is 2. The highest BCUT2D eigenvalue weighted by atomic mass is 16.5. The Labute approximate surface area is 230 Å². The number of carbonyl (C=O) groups is 2. The molecule has 2 fully saturated rings. The van der Waals surface area contributed by atoms with Gasteiger partial charge in [-0.15, -0.1) is 0 Å². The molecule has 0 aromatic heterocycles. The van der Waals surface area contributed by atoms with Gasteiger partial charge in [-0.2, -0.15) is 0 Å². The molecule has 2 aliphatic heterocycles. The summed E-state index contributed by atoms with van der Waals surface area (Å²) in [6, 6.07) is 11.9. The lowest BCUT2D eigenvalue weighted by molar-refractivity contribution is -0.140. The van der Waals surface area contributed by atoms with Crippen LogP contribution in [0.15, 0.2) is 60.7 Å². The van der Waals surface area contributed by atoms with Gasteiger partial charge in [0.05, 0.1) is 31.4 Å². The van der Waals surface area contributed by atoms with Crippen molar-refractivity contribution in [3.8, 4) is 11.5 Å². The van der Waals surface area contributed by atoms with Crippen LogP contribution in [0.25, 0.3) is 5.76 Å². The van der Waals surface area contributed by atoms with E-state index in [0.717, 1.165) is 24.2 Å². The summed E-state index contributed by atoms with van der Waals surface area (Å²) < 4.78 is 16.9. The van der Waals surface area contributed by atoms with E-state index >= 15 is 0 Å². The normalized spacial score (nSPS) is 19.5. The number of ether oxygens (including phenoxy) is 3. The molecule has 0 aliphatic carbocycles. The first-order valence-electron chi connectivity index (χ1n) is 13.5. The van der Waals surface area contributed by atoms with Crippen LogP contribution in [0.4, 0.5) is 0 Å². The molecule has 2 heterocycles. The second-order valence-corrected chi connectivity index (χ2v) is 10.3. The van der Waals surface area contributed by atoms with E-state index in [1.807, 2.05) is 25.1 Å². The summed E-state index contributed by atoms with van der Waals surface area (Å²) in [6.07, 6.45) is 1.66. The average molecular weight is 535 g/mol. The number of likely N-dealkylation sites (tertiary alicyclic amines) is 1. The lowest BCUT2D eigenvalue weighted by Gasteiger charge is -2.31. The minimum Gasteiger partial charge on any atom is -0.507 e. The predicted octanol–water partition coefficient (Wildman–Crippen LogP) is 4.35. The van der Waals surface area contributed by atoms with Gasteiger partial charge in [-0.1, -0.05) is 38.6 Å². The van der Waals surface area contributed by atoms with Crippen LogP contribution in [0.1, 0.15) is 36.6 Å². The lowest BCUT2D eigenvalue weighted by Crippen LogP contribution is -2.42. The Hall–Kier alpha value is -3.62. The molecule has 8 nitrogen and oxygen atoms in total. The Balaban J connectivity index is 1.70. The van der Waals surface area contributed by atoms with Gasteiger partial charge in [0.15, 0.2) is 0 Å². The number of hydrogen-bond donors (Lipinski definition) is 1. The maximum absolute atomic E-state index is 13.4. The van der Waals surface area contributed by atoms with Crippen molar-refractivity contribution in [2.24, 2.45) is 5.92 Å². The quantitative estimate of drug-likeness (QED) is 0.198. The summed E-state index contributed by atoms with van der Waals surface area (Å²) in [5, 5.41) is 11.5. The fourth-order valence-electron chi connectivity index (χ4n) is 4.83. The van der Waals surface area contributed by atoms with E-state index in [-0.39, 0.29) is 11.3 Å². The molecule has 0 bridgehead atoms. The van der Waals surface area contributed by atoms with Gasteiger partial charge in [-0.3, -0.25) is 14.5 Å². The highest BCUT2D eigenvalue weighted by molar-refractivity contribution is 6.46. The van der Waals surface area contributed by atoms with Crippen molar-refractivity contribution in [2.75, 3.05) is 52.6 Å². The Bertz CT molecular complexity index is 1210. The van der Waals surface area contributed by atoms with Crippen molar-refractivity contribution in [3.63, 3.8) is 0 Å². The van der Waals surface area contributed by atoms with Gasteiger partial charge in [0.1, 0.15) is 23.9 Å². The highest BCUT2D eigenvalue weighted by Crippen LogP contribution is 2.40. The SMILES string of the molecule is C=CCOc1ccc(C2/C(=C(\O)c3ccc(OCC(C)C)cc3C)C(=O)C(=O)N2CCN2CCOCC2)cc1. The Morgan fingerprint density at radius 1 is 1.08 bits per heavy atom. The highest BCUT2D eigenvalue weighted by Gasteiger charge is 2.46. The van der Waals surface area contributed by atoms with E-state index in [2.05, 4.69) is 25.3 Å². The molecule has 2 aromatic rings. The number of rotatable bonds is 11. The van der Waals surface area contributed by atoms with Crippen LogP contribution >= 0.6 is 0 Å². The molecule has 0 radical (unpaired) electrons. The van der Waals surface area contributed by atoms with Gasteiger partial charge in [-0.05, 0) is 54.3 Å². The van der Waals surface area contributed by atoms with E-state index in [1.54, 1.807) is 35.2 Å². The van der Waals surface area contributed by atoms with E-state index in [9.17, 15) is 14.7 Å². The van der Waals surface area contributed by atoms with Crippen molar-refractivity contribution < 1.29 is 28.9 Å². The summed E-state index contributed by atoms with van der Waals surface area (Å²) in [5.41, 5.74) is 2.05. The van der Waals surface area contributed by atoms with Gasteiger partial charge in [0, 0.05) is 31.7 Å². The van der Waals surface area contributed by atoms with Gasteiger partial charge in [-0.25, -0.2) is 0 Å². The first kappa shape index (κ1) is 28.4. The van der Waals surface area contributed by atoms with Crippen LogP contribution in [0.2, 0.25) is 0 Å². The molecule has 8 heteroatoms. The first-order valence-corrected chi connectivity index (χ1v) is 13.5. The molecule has 2 aliphatic rings. The number of Topliss-reactive ketones (excluding diaryl/α,β-unsaturated/α-hetero) is 1. The minimum absolute atomic E-state index is 0.0840. The number of ketones is 1. The van der Waals surface area contributed by atoms with Gasteiger partial charge in [0.2, 0.25) is 0 Å². The summed E-state index contributed by atoms with van der Waals surface area (Å²) in [4.78, 5) is 30.5. The Morgan fingerprint density at radius 2 is 1.77 bits per heavy atom. The molecule has 1 amide bonds. The number of nitrogens with zero attached hydrogens (tertiary/aromatic N) is 2. The number of hydrogen-bond acceptors (Lipinski definition) is 7. The molecule has 0 spiro atoms. The summed E-state index contributed by atoms with van der Waals surface area (Å²) in [6.45, 7) is 14.4. The van der Waals surface area contributed by atoms with E-state index in [1.165, 1.54) is 0 Å². The lowest BCUT2D eigenvalue weighted by atomic mass is 9.94. The van der Waals surface area contributed by atoms with Crippen molar-refractivity contribution in [3.05, 3.63) is 77.4 Å². The van der Waals surface area contributed by atoms with Crippen LogP contribution < -0.4 is 9.47 Å². The van der Waals surface area contributed by atoms with Crippen LogP contribution in [-0.4, -0.2) is 79.2 Å². The first-order chi connectivity index (χ1) is 18.8. The standard InChI is InChI=1S/C31H38N2O6/c1-5-16-38-24-8-6-23(7-9-24)28-27(29(34)26-11-10-25(19-22(26)4)39-20-21(2)3)30(35)31(36)33(28)13-12-32-14-17-37-18-15-32/h5-11,19,21,28,34H,1,12-18,20H2,2-4H3/b29-27+. The van der Waals surface area contributed by atoms with Gasteiger partial charge >= 0.3 is 0 Å². The topological polar surface area (TPSA) is 88.5 Å². The summed E-state index contributed by atoms with van der Waals surface area (Å²) in [5.74, 6) is 0.224. The number of aliphatic hydroxyl groups is 1. The zero-order valence-electron chi connectivity index (χ0n) is 23.0. The van der Waals surface area contributed by atoms with Crippen LogP contribution in [0.3, 0.4) is 0 Å². The van der Waals surface area contributed by atoms with Crippen molar-refractivity contribution >= 4 is 17.4 Å². The third kappa shape index (κ3) is 6.69. The largest absolute Gasteiger partial charge is 0.507 e. The molecule has 1 unspecified atom stereocenters. The number of aliphatic hydroxyl groups excluding tert-OH is 1. The van der Waals surface area contributed by atoms with Crippen molar-refractivity contribution in [2.45, 2.75) is 26.8 Å². The van der Waals surface area contributed by atoms with E-state index in [4.69, 9.17) is 14.2 Å². The minimum atomic E-state index is -0.726. The van der Waals surface area contributed by atoms with Crippen LogP contribution in [0.5, 0.6) is 11.5 Å². The predicted molar refractivity (Wildman–Crippen MR) is 150 cm³/mol. The third-order valence-electron chi connectivity index (χ3n) is 6.90. The maximum Gasteiger partial charge on any atom is 0.295 e. The molecule has 1 N–H and O–H groups in total. The van der Waals surface area contributed by atoms with E-state index < -0.39 is 17.7 Å². The van der Waals surface area contributed by atoms with Crippen molar-refractivity contribution in [1.29, 1.82) is 0 Å². The number of benzene rings is 2. The van der Waals surface area contributed by atoms with Crippen LogP contribution in [0, 0.1) is 12.8 Å². The molecule has 208 valence electrons. The summed E-state index contributed by atoms with van der Waals surface area (Å²) in [7, 11) is 0. The molecule has 4 rings (SSSR count). The van der Waals surface area contributed by atoms with Gasteiger partial charge in [0.25, 0.3) is 11.7 Å². The molecular weight excluding hydrogens is 496 g/mol. The Kier molecular flexibility index (Phi) is 9.43. The maximum atomic E-state index is 13.4. The zero-order valence-corrected chi connectivity index (χ0v) is 23.0. The zero-order chi connectivity index (χ0) is 27.9. The number of aryl methyl sites for hydroxylation is 1. The van der Waals surface area contributed by atoms with Crippen molar-refractivity contribution in [1.82, 2.24) is 9.80 Å². The monoisotopic (exact) mass is 534 g/mol. The molecule has 2 aromatic carbocycles. The van der Waals surface area contributed by atoms with Crippen LogP contribution in [-0.2, 0) is 14.3 Å².